The van der Waals surface area contributed by atoms with E-state index in [2.05, 4.69) is 0 Å². The fourth-order valence-corrected chi connectivity index (χ4v) is 18.5. The van der Waals surface area contributed by atoms with Crippen LogP contribution in [0.1, 0.15) is 134 Å². The van der Waals surface area contributed by atoms with Gasteiger partial charge in [-0.05, 0) is 170 Å². The molecule has 0 fully saturated rings. The molecule has 6 N–H and O–H groups in total. The average Bonchev–Trinajstić information content (AvgIpc) is 0.784. The van der Waals surface area contributed by atoms with Crippen molar-refractivity contribution in [2.24, 2.45) is 0 Å². The molecule has 0 unspecified atom stereocenters. The average molecular weight is 1950 g/mol. The lowest BCUT2D eigenvalue weighted by Gasteiger charge is -2.30. The monoisotopic (exact) mass is 1940 g/mol. The molecule has 0 bridgehead atoms. The smallest absolute Gasteiger partial charge is 0.140 e. The zero-order chi connectivity index (χ0) is 103. The van der Waals surface area contributed by atoms with Crippen molar-refractivity contribution < 1.29 is 30.6 Å². The van der Waals surface area contributed by atoms with E-state index in [4.69, 9.17) is 0 Å². The SMILES string of the molecule is OC(c1ccccc1)(c1ccccc1)c1cccc(/C=C/c2cccc(C(O)(c3ccccc3)c3ccccc3)c2)c1.OC(c1ccccc1)(c1ccccc1)c1cccc(/C=C/c2cccc(C(O)(c3ccccc3)c3ccccc3)c2)c1.OC(c1ccccc1)(c1ccccc1)c1cccc(/C=C/c2cccc(C(O)(c3ccccc3)c3ccccc3)c2)c1.c1ccccc1.c1ccccc1.c1ccccc1.c1ccccc1. The fraction of sp³-hybridized carbons (Fsp3) is 0.0417. The minimum atomic E-state index is -1.30. The number of rotatable bonds is 24. The van der Waals surface area contributed by atoms with Crippen molar-refractivity contribution in [2.45, 2.75) is 33.6 Å². The summed E-state index contributed by atoms with van der Waals surface area (Å²) >= 11 is 0. The number of hydrogen-bond acceptors (Lipinski definition) is 6. The van der Waals surface area contributed by atoms with E-state index in [1.807, 2.05) is 692 Å². The van der Waals surface area contributed by atoms with Crippen LogP contribution in [-0.4, -0.2) is 30.6 Å². The molecule has 0 radical (unpaired) electrons. The molecule has 0 heterocycles. The van der Waals surface area contributed by atoms with Crippen molar-refractivity contribution >= 4 is 36.5 Å². The fourth-order valence-electron chi connectivity index (χ4n) is 18.5. The molecular weight excluding hydrogens is 1830 g/mol. The number of aliphatic hydroxyl groups is 6. The third kappa shape index (κ3) is 26.6. The highest BCUT2D eigenvalue weighted by atomic mass is 16.3. The minimum absolute atomic E-state index is 0.790. The summed E-state index contributed by atoms with van der Waals surface area (Å²) in [4.78, 5) is 0. The Balaban J connectivity index is 0.000000143. The topological polar surface area (TPSA) is 121 Å². The Morgan fingerprint density at radius 2 is 0.160 bits per heavy atom. The van der Waals surface area contributed by atoms with Gasteiger partial charge in [-0.15, -0.1) is 0 Å². The second-order valence-electron chi connectivity index (χ2n) is 36.0. The van der Waals surface area contributed by atoms with Crippen LogP contribution in [0.4, 0.5) is 0 Å². The summed E-state index contributed by atoms with van der Waals surface area (Å²) in [6.07, 6.45) is 12.3. The van der Waals surface area contributed by atoms with E-state index in [-0.39, 0.29) is 0 Å². The van der Waals surface area contributed by atoms with E-state index in [9.17, 15) is 30.6 Å². The van der Waals surface area contributed by atoms with Gasteiger partial charge >= 0.3 is 0 Å². The Bertz CT molecular complexity index is 6280. The Hall–Kier alpha value is -18.2. The van der Waals surface area contributed by atoms with Crippen LogP contribution in [0.25, 0.3) is 36.5 Å². The predicted molar refractivity (Wildman–Crippen MR) is 621 cm³/mol. The highest BCUT2D eigenvalue weighted by Gasteiger charge is 2.40. The van der Waals surface area contributed by atoms with E-state index < -0.39 is 33.6 Å². The van der Waals surface area contributed by atoms with Crippen LogP contribution in [-0.2, 0) is 33.6 Å². The first-order valence-electron chi connectivity index (χ1n) is 50.4. The van der Waals surface area contributed by atoms with Crippen molar-refractivity contribution in [3.8, 4) is 0 Å². The lowest BCUT2D eigenvalue weighted by molar-refractivity contribution is 0.125. The molecule has 0 spiro atoms. The Morgan fingerprint density at radius 1 is 0.0867 bits per heavy atom. The van der Waals surface area contributed by atoms with Crippen molar-refractivity contribution in [1.29, 1.82) is 0 Å². The first-order valence-corrected chi connectivity index (χ1v) is 50.4. The molecular formula is C144H120O6. The molecule has 0 aliphatic heterocycles. The largest absolute Gasteiger partial charge is 0.376 e. The normalized spacial score (nSPS) is 11.3. The molecule has 0 aromatic heterocycles. The van der Waals surface area contributed by atoms with Crippen LogP contribution in [0, 0.1) is 0 Å². The zero-order valence-corrected chi connectivity index (χ0v) is 83.5. The van der Waals surface area contributed by atoms with E-state index in [0.717, 1.165) is 134 Å². The van der Waals surface area contributed by atoms with E-state index in [0.29, 0.717) is 0 Å². The van der Waals surface area contributed by atoms with Crippen molar-refractivity contribution in [3.05, 3.63) is 789 Å². The minimum Gasteiger partial charge on any atom is -0.376 e. The van der Waals surface area contributed by atoms with Crippen molar-refractivity contribution in [1.82, 2.24) is 0 Å². The van der Waals surface area contributed by atoms with E-state index in [1.165, 1.54) is 0 Å². The van der Waals surface area contributed by atoms with Gasteiger partial charge in [0.1, 0.15) is 33.6 Å². The van der Waals surface area contributed by atoms with Crippen LogP contribution in [0.2, 0.25) is 0 Å². The maximum absolute atomic E-state index is 12.2. The maximum atomic E-state index is 12.2. The van der Waals surface area contributed by atoms with Gasteiger partial charge in [0, 0.05) is 0 Å². The van der Waals surface area contributed by atoms with Gasteiger partial charge in [0.2, 0.25) is 0 Å². The van der Waals surface area contributed by atoms with Crippen molar-refractivity contribution in [2.75, 3.05) is 0 Å². The summed E-state index contributed by atoms with van der Waals surface area (Å²) in [6.45, 7) is 0. The van der Waals surface area contributed by atoms with E-state index >= 15 is 0 Å². The maximum Gasteiger partial charge on any atom is 0.140 e. The van der Waals surface area contributed by atoms with Gasteiger partial charge in [0.15, 0.2) is 0 Å². The lowest BCUT2D eigenvalue weighted by Crippen LogP contribution is -2.28. The summed E-state index contributed by atoms with van der Waals surface area (Å²) in [5.41, 5.74) is 12.5. The number of benzene rings is 22. The van der Waals surface area contributed by atoms with Gasteiger partial charge in [-0.25, -0.2) is 0 Å². The lowest BCUT2D eigenvalue weighted by atomic mass is 9.79. The van der Waals surface area contributed by atoms with Crippen LogP contribution >= 0.6 is 0 Å². The molecule has 6 nitrogen and oxygen atoms in total. The first kappa shape index (κ1) is 105. The van der Waals surface area contributed by atoms with Gasteiger partial charge in [0.25, 0.3) is 0 Å². The van der Waals surface area contributed by atoms with Crippen LogP contribution in [0.5, 0.6) is 0 Å². The van der Waals surface area contributed by atoms with Crippen LogP contribution in [0.3, 0.4) is 0 Å². The van der Waals surface area contributed by atoms with Gasteiger partial charge in [0.05, 0.1) is 0 Å². The molecule has 22 aromatic rings. The molecule has 0 saturated carbocycles. The summed E-state index contributed by atoms with van der Waals surface area (Å²) < 4.78 is 0. The van der Waals surface area contributed by atoms with Crippen LogP contribution in [0.15, 0.2) is 655 Å². The summed E-state index contributed by atoms with van der Waals surface area (Å²) in [6, 6.07) is 213. The Morgan fingerprint density at radius 3 is 0.247 bits per heavy atom. The molecule has 22 rings (SSSR count). The molecule has 0 saturated heterocycles. The number of hydrogen-bond donors (Lipinski definition) is 6. The van der Waals surface area contributed by atoms with Gasteiger partial charge in [-0.3, -0.25) is 0 Å². The summed E-state index contributed by atoms with van der Waals surface area (Å²) in [5.74, 6) is 0. The summed E-state index contributed by atoms with van der Waals surface area (Å²) in [5, 5.41) is 73.4. The highest BCUT2D eigenvalue weighted by Crippen LogP contribution is 2.45. The summed E-state index contributed by atoms with van der Waals surface area (Å²) in [7, 11) is 0. The van der Waals surface area contributed by atoms with E-state index in [1.54, 1.807) is 0 Å². The molecule has 6 heteroatoms. The van der Waals surface area contributed by atoms with Gasteiger partial charge in [-0.1, -0.05) is 655 Å². The zero-order valence-electron chi connectivity index (χ0n) is 83.5. The molecule has 0 aliphatic rings. The van der Waals surface area contributed by atoms with Crippen LogP contribution < -0.4 is 0 Å². The molecule has 150 heavy (non-hydrogen) atoms. The predicted octanol–water partition coefficient (Wildman–Crippen LogP) is 32.0. The molecule has 0 amide bonds. The van der Waals surface area contributed by atoms with Gasteiger partial charge < -0.3 is 30.6 Å². The molecule has 0 aliphatic carbocycles. The second kappa shape index (κ2) is 53.1. The third-order valence-electron chi connectivity index (χ3n) is 26.2. The highest BCUT2D eigenvalue weighted by molar-refractivity contribution is 5.75. The molecule has 732 valence electrons. The third-order valence-corrected chi connectivity index (χ3v) is 26.2. The quantitative estimate of drug-likeness (QED) is 0.0265. The molecule has 22 aromatic carbocycles. The Labute approximate surface area is 883 Å². The first-order chi connectivity index (χ1) is 73.7. The Kier molecular flexibility index (Phi) is 37.0. The second-order valence-corrected chi connectivity index (χ2v) is 36.0. The molecule has 0 atom stereocenters. The van der Waals surface area contributed by atoms with Gasteiger partial charge in [-0.2, -0.15) is 0 Å². The standard InChI is InChI=1S/3C40H32O2.4C6H6/c3*41-39(33-17-5-1-6-18-33,34-19-7-2-8-20-34)37-25-13-15-31(29-37)27-28-32-16-14-26-38(30-32)40(42,35-21-9-3-10-22-35)36-23-11-4-12-24-36;4*1-2-4-6-5-3-1/h3*1-30,41-42H;4*1-6H/b3*28-27+;;;;. The van der Waals surface area contributed by atoms with Crippen molar-refractivity contribution in [3.63, 3.8) is 0 Å².